The van der Waals surface area contributed by atoms with E-state index in [4.69, 9.17) is 0 Å². The van der Waals surface area contributed by atoms with Crippen LogP contribution in [-0.2, 0) is 16.4 Å². The number of H-pyrrole nitrogens is 2. The van der Waals surface area contributed by atoms with E-state index >= 15 is 0 Å². The van der Waals surface area contributed by atoms with Crippen LogP contribution in [0.5, 0.6) is 0 Å². The van der Waals surface area contributed by atoms with E-state index < -0.39 is 9.84 Å². The van der Waals surface area contributed by atoms with Gasteiger partial charge in [-0.15, -0.1) is 0 Å². The molecule has 2 aliphatic heterocycles. The molecule has 26 heavy (non-hydrogen) atoms. The summed E-state index contributed by atoms with van der Waals surface area (Å²) >= 11 is 0. The van der Waals surface area contributed by atoms with Gasteiger partial charge in [0, 0.05) is 37.6 Å². The van der Waals surface area contributed by atoms with Crippen LogP contribution in [0.25, 0.3) is 0 Å². The van der Waals surface area contributed by atoms with Crippen LogP contribution < -0.4 is 0 Å². The molecule has 0 spiro atoms. The Morgan fingerprint density at radius 1 is 1.23 bits per heavy atom. The molecule has 0 radical (unpaired) electrons. The zero-order valence-corrected chi connectivity index (χ0v) is 15.7. The molecule has 2 aromatic rings. The van der Waals surface area contributed by atoms with Crippen LogP contribution >= 0.6 is 0 Å². The largest absolute Gasteiger partial charge is 0.357 e. The molecule has 4 rings (SSSR count). The highest BCUT2D eigenvalue weighted by Crippen LogP contribution is 2.29. The van der Waals surface area contributed by atoms with Crippen LogP contribution in [0, 0.1) is 13.8 Å². The lowest BCUT2D eigenvalue weighted by molar-refractivity contribution is 0.0298. The zero-order valence-electron chi connectivity index (χ0n) is 14.9. The van der Waals surface area contributed by atoms with Crippen LogP contribution in [0.3, 0.4) is 0 Å². The maximum Gasteiger partial charge on any atom is 0.270 e. The van der Waals surface area contributed by atoms with Gasteiger partial charge in [0.25, 0.3) is 5.91 Å². The number of aromatic amines is 2. The van der Waals surface area contributed by atoms with E-state index in [1.165, 1.54) is 0 Å². The Labute approximate surface area is 152 Å². The topological polar surface area (TPSA) is 102 Å². The van der Waals surface area contributed by atoms with E-state index in [9.17, 15) is 13.2 Å². The highest BCUT2D eigenvalue weighted by molar-refractivity contribution is 7.91. The number of hydrogen-bond acceptors (Lipinski definition) is 5. The molecule has 2 saturated heterocycles. The summed E-state index contributed by atoms with van der Waals surface area (Å²) in [6.45, 7) is 5.61. The first-order valence-corrected chi connectivity index (χ1v) is 10.6. The molecule has 2 atom stereocenters. The second-order valence-corrected chi connectivity index (χ2v) is 9.40. The van der Waals surface area contributed by atoms with Crippen LogP contribution in [0.15, 0.2) is 18.6 Å². The van der Waals surface area contributed by atoms with Crippen molar-refractivity contribution in [2.24, 2.45) is 0 Å². The predicted octanol–water partition coefficient (Wildman–Crippen LogP) is 0.478. The maximum absolute atomic E-state index is 12.9. The quantitative estimate of drug-likeness (QED) is 0.810. The summed E-state index contributed by atoms with van der Waals surface area (Å²) in [5, 5.41) is 0. The second kappa shape index (κ2) is 6.24. The van der Waals surface area contributed by atoms with Crippen molar-refractivity contribution >= 4 is 15.7 Å². The summed E-state index contributed by atoms with van der Waals surface area (Å²) in [5.41, 5.74) is 3.41. The standard InChI is InChI=1S/C17H23N5O3S/c1-11-5-13(18-6-11)17(23)22-4-3-21(7-14-12(2)19-10-20-14)15-8-26(24,25)9-16(15)22/h5-6,10,15-16,18H,3-4,7-9H2,1-2H3,(H,19,20)/t15-,16+/m0/s1. The molecule has 0 saturated carbocycles. The number of aromatic nitrogens is 3. The van der Waals surface area contributed by atoms with E-state index in [1.54, 1.807) is 23.5 Å². The molecule has 9 heteroatoms. The average molecular weight is 377 g/mol. The molecule has 2 aliphatic rings. The Bertz CT molecular complexity index is 932. The minimum Gasteiger partial charge on any atom is -0.357 e. The minimum atomic E-state index is -3.17. The number of sulfone groups is 1. The van der Waals surface area contributed by atoms with Crippen LogP contribution in [0.2, 0.25) is 0 Å². The smallest absolute Gasteiger partial charge is 0.270 e. The van der Waals surface area contributed by atoms with Gasteiger partial charge in [-0.3, -0.25) is 9.69 Å². The van der Waals surface area contributed by atoms with Crippen molar-refractivity contribution in [1.29, 1.82) is 0 Å². The van der Waals surface area contributed by atoms with Gasteiger partial charge in [0.1, 0.15) is 5.69 Å². The Balaban J connectivity index is 1.59. The fourth-order valence-corrected chi connectivity index (χ4v) is 6.00. The van der Waals surface area contributed by atoms with Crippen molar-refractivity contribution in [2.45, 2.75) is 32.5 Å². The van der Waals surface area contributed by atoms with Gasteiger partial charge in [-0.05, 0) is 25.5 Å². The lowest BCUT2D eigenvalue weighted by Crippen LogP contribution is -2.60. The number of imidazole rings is 1. The number of carbonyl (C=O) groups is 1. The number of aryl methyl sites for hydroxylation is 2. The normalized spacial score (nSPS) is 25.4. The van der Waals surface area contributed by atoms with Gasteiger partial charge < -0.3 is 14.9 Å². The number of amides is 1. The number of hydrogen-bond donors (Lipinski definition) is 2. The second-order valence-electron chi connectivity index (χ2n) is 7.25. The molecule has 0 bridgehead atoms. The average Bonchev–Trinajstić information content (AvgIpc) is 3.26. The Morgan fingerprint density at radius 3 is 2.65 bits per heavy atom. The van der Waals surface area contributed by atoms with Gasteiger partial charge in [-0.1, -0.05) is 0 Å². The number of nitrogens with one attached hydrogen (secondary N) is 2. The molecular formula is C17H23N5O3S. The fourth-order valence-electron chi connectivity index (χ4n) is 3.99. The molecule has 2 N–H and O–H groups in total. The Kier molecular flexibility index (Phi) is 4.15. The van der Waals surface area contributed by atoms with Crippen LogP contribution in [0.1, 0.15) is 27.4 Å². The van der Waals surface area contributed by atoms with E-state index in [0.29, 0.717) is 25.3 Å². The van der Waals surface area contributed by atoms with Gasteiger partial charge in [0.15, 0.2) is 9.84 Å². The van der Waals surface area contributed by atoms with Crippen molar-refractivity contribution in [3.63, 3.8) is 0 Å². The van der Waals surface area contributed by atoms with Gasteiger partial charge in [0.2, 0.25) is 0 Å². The highest BCUT2D eigenvalue weighted by Gasteiger charge is 2.48. The molecule has 140 valence electrons. The minimum absolute atomic E-state index is 0.0269. The third-order valence-corrected chi connectivity index (χ3v) is 7.10. The maximum atomic E-state index is 12.9. The first kappa shape index (κ1) is 17.3. The van der Waals surface area contributed by atoms with E-state index in [0.717, 1.165) is 17.0 Å². The number of rotatable bonds is 3. The van der Waals surface area contributed by atoms with Gasteiger partial charge in [-0.2, -0.15) is 0 Å². The first-order valence-electron chi connectivity index (χ1n) is 8.73. The summed E-state index contributed by atoms with van der Waals surface area (Å²) in [5.74, 6) is -0.00539. The first-order chi connectivity index (χ1) is 12.3. The third kappa shape index (κ3) is 3.05. The molecule has 2 fully saturated rings. The molecule has 1 amide bonds. The molecule has 4 heterocycles. The molecule has 2 aromatic heterocycles. The lowest BCUT2D eigenvalue weighted by Gasteiger charge is -2.43. The SMILES string of the molecule is Cc1c[nH]c(C(=O)N2CCN(Cc3nc[nH]c3C)[C@H]3CS(=O)(=O)C[C@H]32)c1. The molecule has 0 unspecified atom stereocenters. The number of fused-ring (bicyclic) bond motifs is 1. The zero-order chi connectivity index (χ0) is 18.5. The van der Waals surface area contributed by atoms with Crippen molar-refractivity contribution in [1.82, 2.24) is 24.8 Å². The van der Waals surface area contributed by atoms with E-state index in [2.05, 4.69) is 19.9 Å². The molecule has 0 aromatic carbocycles. The van der Waals surface area contributed by atoms with Crippen molar-refractivity contribution in [3.05, 3.63) is 41.2 Å². The third-order valence-electron chi connectivity index (χ3n) is 5.40. The summed E-state index contributed by atoms with van der Waals surface area (Å²) in [7, 11) is -3.17. The summed E-state index contributed by atoms with van der Waals surface area (Å²) in [6, 6.07) is 1.30. The Morgan fingerprint density at radius 2 is 2.00 bits per heavy atom. The van der Waals surface area contributed by atoms with Crippen LogP contribution in [-0.4, -0.2) is 75.8 Å². The summed E-state index contributed by atoms with van der Waals surface area (Å²) < 4.78 is 24.7. The lowest BCUT2D eigenvalue weighted by atomic mass is 10.0. The Hall–Kier alpha value is -2.13. The van der Waals surface area contributed by atoms with Gasteiger partial charge in [-0.25, -0.2) is 13.4 Å². The number of nitrogens with zero attached hydrogens (tertiary/aromatic N) is 3. The van der Waals surface area contributed by atoms with Crippen molar-refractivity contribution in [3.8, 4) is 0 Å². The fraction of sp³-hybridized carbons (Fsp3) is 0.529. The summed E-state index contributed by atoms with van der Waals surface area (Å²) in [6.07, 6.45) is 3.44. The monoisotopic (exact) mass is 377 g/mol. The summed E-state index contributed by atoms with van der Waals surface area (Å²) in [4.78, 5) is 27.2. The van der Waals surface area contributed by atoms with Gasteiger partial charge >= 0.3 is 0 Å². The van der Waals surface area contributed by atoms with Gasteiger partial charge in [0.05, 0.1) is 29.6 Å². The van der Waals surface area contributed by atoms with E-state index in [1.807, 2.05) is 13.8 Å². The van der Waals surface area contributed by atoms with Crippen molar-refractivity contribution < 1.29 is 13.2 Å². The van der Waals surface area contributed by atoms with Crippen LogP contribution in [0.4, 0.5) is 0 Å². The molecule has 0 aliphatic carbocycles. The van der Waals surface area contributed by atoms with Crippen molar-refractivity contribution in [2.75, 3.05) is 24.6 Å². The number of piperazine rings is 1. The number of carbonyl (C=O) groups excluding carboxylic acids is 1. The van der Waals surface area contributed by atoms with E-state index in [-0.39, 0.29) is 29.5 Å². The predicted molar refractivity (Wildman–Crippen MR) is 96.5 cm³/mol. The molecular weight excluding hydrogens is 354 g/mol. The molecule has 8 nitrogen and oxygen atoms in total. The highest BCUT2D eigenvalue weighted by atomic mass is 32.2.